The van der Waals surface area contributed by atoms with E-state index in [-0.39, 0.29) is 51.7 Å². The number of hydrogen-bond donors (Lipinski definition) is 4. The Morgan fingerprint density at radius 1 is 0.643 bits per heavy atom. The number of aryl methyl sites for hydroxylation is 1. The zero-order chi connectivity index (χ0) is 50.5. The molecule has 0 aliphatic carbocycles. The summed E-state index contributed by atoms with van der Waals surface area (Å²) in [5.74, 6) is -1.73. The minimum atomic E-state index is -1.11. The van der Waals surface area contributed by atoms with Gasteiger partial charge in [0.25, 0.3) is 0 Å². The van der Waals surface area contributed by atoms with E-state index in [2.05, 4.69) is 27.4 Å². The van der Waals surface area contributed by atoms with Crippen LogP contribution in [0.3, 0.4) is 0 Å². The monoisotopic (exact) mass is 985 g/mol. The van der Waals surface area contributed by atoms with E-state index in [9.17, 15) is 35.4 Å². The lowest BCUT2D eigenvalue weighted by Crippen LogP contribution is -2.40. The van der Waals surface area contributed by atoms with Gasteiger partial charge >= 0.3 is 11.9 Å². The molecule has 0 fully saturated rings. The molecule has 362 valence electrons. The van der Waals surface area contributed by atoms with E-state index >= 15 is 0 Å². The summed E-state index contributed by atoms with van der Waals surface area (Å²) >= 11 is 13.6. The lowest BCUT2D eigenvalue weighted by Gasteiger charge is -2.21. The SMILES string of the molecule is Cc1c(COc2cc(OCc3cncc(C#N)c3)c(CC[C@@H](C(=O)O)[C@H](C)O)cc2Cl)cccc1-c1cccc(COc2cc(OCc3cncc(C#N)c3)c(CN[C@@H](C(=O)O)C(C)C)cc2Cl)c1C. The van der Waals surface area contributed by atoms with Gasteiger partial charge in [0.2, 0.25) is 0 Å². The summed E-state index contributed by atoms with van der Waals surface area (Å²) in [6.07, 6.45) is 5.43. The Bertz CT molecular complexity index is 2740. The first-order valence-electron chi connectivity index (χ1n) is 22.4. The van der Waals surface area contributed by atoms with Gasteiger partial charge in [-0.25, -0.2) is 0 Å². The van der Waals surface area contributed by atoms with Crippen LogP contribution in [-0.2, 0) is 49.0 Å². The minimum Gasteiger partial charge on any atom is -0.488 e. The van der Waals surface area contributed by atoms with Crippen molar-refractivity contribution in [3.05, 3.63) is 163 Å². The highest BCUT2D eigenvalue weighted by atomic mass is 35.5. The quantitative estimate of drug-likeness (QED) is 0.0470. The van der Waals surface area contributed by atoms with Gasteiger partial charge in [-0.1, -0.05) is 73.4 Å². The fourth-order valence-electron chi connectivity index (χ4n) is 7.84. The first kappa shape index (κ1) is 52.2. The molecule has 0 amide bonds. The van der Waals surface area contributed by atoms with Crippen molar-refractivity contribution in [3.63, 3.8) is 0 Å². The van der Waals surface area contributed by atoms with Crippen LogP contribution < -0.4 is 24.3 Å². The molecule has 0 saturated heterocycles. The topological polar surface area (TPSA) is 217 Å². The van der Waals surface area contributed by atoms with Crippen LogP contribution in [0, 0.1) is 48.3 Å². The average Bonchev–Trinajstić information content (AvgIpc) is 3.33. The molecule has 2 aromatic heterocycles. The molecule has 70 heavy (non-hydrogen) atoms. The van der Waals surface area contributed by atoms with Crippen molar-refractivity contribution >= 4 is 35.1 Å². The lowest BCUT2D eigenvalue weighted by molar-refractivity contribution is -0.145. The van der Waals surface area contributed by atoms with Crippen LogP contribution in [-0.4, -0.2) is 49.4 Å². The largest absolute Gasteiger partial charge is 0.488 e. The van der Waals surface area contributed by atoms with Crippen LogP contribution >= 0.6 is 23.2 Å². The summed E-state index contributed by atoms with van der Waals surface area (Å²) in [5.41, 5.74) is 9.06. The van der Waals surface area contributed by atoms with E-state index < -0.39 is 30.0 Å². The molecule has 0 aliphatic rings. The van der Waals surface area contributed by atoms with Gasteiger partial charge in [-0.3, -0.25) is 24.9 Å². The molecule has 0 radical (unpaired) electrons. The van der Waals surface area contributed by atoms with Crippen molar-refractivity contribution in [2.24, 2.45) is 11.8 Å². The predicted octanol–water partition coefficient (Wildman–Crippen LogP) is 10.3. The number of carbonyl (C=O) groups is 2. The Hall–Kier alpha value is -7.20. The van der Waals surface area contributed by atoms with Crippen LogP contribution in [0.1, 0.15) is 82.8 Å². The molecule has 0 bridgehead atoms. The number of aromatic nitrogens is 2. The van der Waals surface area contributed by atoms with Crippen LogP contribution in [0.2, 0.25) is 10.0 Å². The van der Waals surface area contributed by atoms with Crippen molar-refractivity contribution in [2.45, 2.75) is 92.6 Å². The smallest absolute Gasteiger partial charge is 0.320 e. The third-order valence-corrected chi connectivity index (χ3v) is 12.5. The fourth-order valence-corrected chi connectivity index (χ4v) is 8.32. The van der Waals surface area contributed by atoms with Gasteiger partial charge in [0.1, 0.15) is 67.6 Å². The molecule has 6 aromatic rings. The summed E-state index contributed by atoms with van der Waals surface area (Å²) in [6.45, 7) is 9.75. The van der Waals surface area contributed by atoms with Crippen LogP contribution in [0.5, 0.6) is 23.0 Å². The van der Waals surface area contributed by atoms with E-state index in [1.807, 2.05) is 64.1 Å². The number of nitrogens with one attached hydrogen (secondary N) is 1. The molecular formula is C54H53Cl2N5O9. The summed E-state index contributed by atoms with van der Waals surface area (Å²) in [4.78, 5) is 32.1. The predicted molar refractivity (Wildman–Crippen MR) is 264 cm³/mol. The normalized spacial score (nSPS) is 12.3. The molecular weight excluding hydrogens is 934 g/mol. The van der Waals surface area contributed by atoms with E-state index in [1.165, 1.54) is 19.3 Å². The number of hydrogen-bond acceptors (Lipinski definition) is 12. The number of aliphatic carboxylic acids is 2. The van der Waals surface area contributed by atoms with Crippen molar-refractivity contribution in [1.82, 2.24) is 15.3 Å². The summed E-state index contributed by atoms with van der Waals surface area (Å²) < 4.78 is 25.2. The number of ether oxygens (including phenoxy) is 4. The second kappa shape index (κ2) is 24.4. The molecule has 4 aromatic carbocycles. The minimum absolute atomic E-state index is 0.0695. The van der Waals surface area contributed by atoms with Gasteiger partial charge in [0.15, 0.2) is 0 Å². The summed E-state index contributed by atoms with van der Waals surface area (Å²) in [6, 6.07) is 25.4. The number of nitriles is 2. The number of carboxylic acid groups (broad SMARTS) is 2. The summed E-state index contributed by atoms with van der Waals surface area (Å²) in [5, 5.41) is 52.1. The van der Waals surface area contributed by atoms with Crippen LogP contribution in [0.25, 0.3) is 11.1 Å². The Morgan fingerprint density at radius 2 is 1.11 bits per heavy atom. The molecule has 0 spiro atoms. The van der Waals surface area contributed by atoms with E-state index in [4.69, 9.17) is 42.1 Å². The molecule has 0 saturated carbocycles. The average molecular weight is 987 g/mol. The molecule has 14 nitrogen and oxygen atoms in total. The number of nitrogens with zero attached hydrogens (tertiary/aromatic N) is 4. The number of benzene rings is 4. The Labute approximate surface area is 417 Å². The zero-order valence-corrected chi connectivity index (χ0v) is 40.8. The third-order valence-electron chi connectivity index (χ3n) is 11.9. The number of rotatable bonds is 23. The first-order valence-corrected chi connectivity index (χ1v) is 23.2. The maximum absolute atomic E-state index is 12.0. The van der Waals surface area contributed by atoms with E-state index in [0.29, 0.717) is 66.4 Å². The first-order chi connectivity index (χ1) is 33.6. The van der Waals surface area contributed by atoms with Crippen molar-refractivity contribution in [3.8, 4) is 46.3 Å². The van der Waals surface area contributed by atoms with Crippen molar-refractivity contribution in [1.29, 1.82) is 10.5 Å². The maximum Gasteiger partial charge on any atom is 0.320 e. The number of pyridine rings is 2. The van der Waals surface area contributed by atoms with Gasteiger partial charge < -0.3 is 34.3 Å². The molecule has 2 heterocycles. The zero-order valence-electron chi connectivity index (χ0n) is 39.3. The van der Waals surface area contributed by atoms with Gasteiger partial charge in [0, 0.05) is 60.2 Å². The van der Waals surface area contributed by atoms with Gasteiger partial charge in [-0.15, -0.1) is 0 Å². The van der Waals surface area contributed by atoms with Gasteiger partial charge in [-0.2, -0.15) is 10.5 Å². The highest BCUT2D eigenvalue weighted by Gasteiger charge is 2.25. The fraction of sp³-hybridized carbons (Fsp3) is 0.296. The number of halogens is 2. The lowest BCUT2D eigenvalue weighted by atomic mass is 9.92. The Balaban J connectivity index is 1.21. The molecule has 4 N–H and O–H groups in total. The number of aliphatic hydroxyl groups is 1. The molecule has 0 unspecified atom stereocenters. The van der Waals surface area contributed by atoms with Gasteiger partial charge in [0.05, 0.1) is 33.2 Å². The number of aliphatic hydroxyl groups excluding tert-OH is 1. The van der Waals surface area contributed by atoms with Crippen LogP contribution in [0.15, 0.2) is 97.6 Å². The highest BCUT2D eigenvalue weighted by Crippen LogP contribution is 2.38. The molecule has 6 rings (SSSR count). The highest BCUT2D eigenvalue weighted by molar-refractivity contribution is 6.32. The standard InChI is InChI=1S/C54H53Cl2N5O9/c1-31(2)52(54(65)66)61-26-42-17-47(56)51(19-49(42)68-28-38-15-36(21-58)23-60-25-38)70-30-41-9-7-11-44(33(41)4)43-10-6-8-40(32(43)3)29-69-50-18-48(67-27-37-14-35(20-57)22-59-24-37)39(16-46(50)55)12-13-45(34(5)62)53(63)64/h6-11,14-19,22-25,31,34,45,52,61-62H,12-13,26-30H2,1-5H3,(H,63,64)(H,65,66)/t34-,45+,52+/m0/s1. The third kappa shape index (κ3) is 13.5. The maximum atomic E-state index is 12.0. The molecule has 3 atom stereocenters. The van der Waals surface area contributed by atoms with Crippen molar-refractivity contribution < 1.29 is 43.9 Å². The van der Waals surface area contributed by atoms with Crippen LogP contribution in [0.4, 0.5) is 0 Å². The second-order valence-electron chi connectivity index (χ2n) is 17.2. The number of carboxylic acids is 2. The van der Waals surface area contributed by atoms with Gasteiger partial charge in [-0.05, 0) is 103 Å². The van der Waals surface area contributed by atoms with E-state index in [1.54, 1.807) is 48.8 Å². The molecule has 0 aliphatic heterocycles. The Kier molecular flexibility index (Phi) is 18.2. The molecule has 16 heteroatoms. The summed E-state index contributed by atoms with van der Waals surface area (Å²) in [7, 11) is 0. The Morgan fingerprint density at radius 3 is 1.56 bits per heavy atom. The van der Waals surface area contributed by atoms with Crippen molar-refractivity contribution in [2.75, 3.05) is 0 Å². The second-order valence-corrected chi connectivity index (χ2v) is 18.0. The van der Waals surface area contributed by atoms with E-state index in [0.717, 1.165) is 33.4 Å².